The zero-order chi connectivity index (χ0) is 23.1. The van der Waals surface area contributed by atoms with Gasteiger partial charge in [-0.25, -0.2) is 0 Å². The second-order valence-electron chi connectivity index (χ2n) is 10.1. The van der Waals surface area contributed by atoms with Gasteiger partial charge in [0.2, 0.25) is 0 Å². The second kappa shape index (κ2) is 9.18. The number of fused-ring (bicyclic) bond motifs is 2. The molecular formula is C27H34N6O. The van der Waals surface area contributed by atoms with E-state index in [1.807, 2.05) is 0 Å². The molecule has 0 spiro atoms. The molecule has 3 aliphatic heterocycles. The van der Waals surface area contributed by atoms with E-state index in [2.05, 4.69) is 57.3 Å². The number of benzene rings is 1. The van der Waals surface area contributed by atoms with Crippen LogP contribution in [0.25, 0.3) is 0 Å². The van der Waals surface area contributed by atoms with Crippen molar-refractivity contribution in [1.82, 2.24) is 25.1 Å². The normalized spacial score (nSPS) is 26.9. The van der Waals surface area contributed by atoms with E-state index in [1.165, 1.54) is 29.5 Å². The van der Waals surface area contributed by atoms with E-state index in [-0.39, 0.29) is 6.04 Å². The molecule has 1 aromatic carbocycles. The van der Waals surface area contributed by atoms with Crippen LogP contribution >= 0.6 is 0 Å². The lowest BCUT2D eigenvalue weighted by Crippen LogP contribution is -2.51. The molecule has 7 heteroatoms. The van der Waals surface area contributed by atoms with Crippen molar-refractivity contribution in [2.24, 2.45) is 0 Å². The Morgan fingerprint density at radius 1 is 1.18 bits per heavy atom. The minimum Gasteiger partial charge on any atom is -0.462 e. The van der Waals surface area contributed by atoms with Gasteiger partial charge < -0.3 is 19.9 Å². The Kier molecular flexibility index (Phi) is 5.90. The van der Waals surface area contributed by atoms with Crippen LogP contribution in [0.2, 0.25) is 0 Å². The minimum atomic E-state index is -0.0113. The van der Waals surface area contributed by atoms with Crippen LogP contribution < -0.4 is 15.0 Å². The molecule has 4 heterocycles. The van der Waals surface area contributed by atoms with Crippen LogP contribution in [-0.2, 0) is 19.5 Å². The van der Waals surface area contributed by atoms with E-state index in [0.717, 1.165) is 63.6 Å². The Balaban J connectivity index is 1.30. The summed E-state index contributed by atoms with van der Waals surface area (Å²) in [6.07, 6.45) is 10.6. The number of terminal acetylenes is 1. The lowest BCUT2D eigenvalue weighted by molar-refractivity contribution is 0.186. The number of likely N-dealkylation sites (tertiary alicyclic amines) is 1. The molecule has 1 aliphatic carbocycles. The number of rotatable bonds is 5. The maximum atomic E-state index is 6.23. The molecule has 2 saturated heterocycles. The number of aromatic nitrogens is 2. The van der Waals surface area contributed by atoms with Crippen LogP contribution in [0.4, 0.5) is 5.82 Å². The van der Waals surface area contributed by atoms with Crippen LogP contribution in [0.1, 0.15) is 47.7 Å². The number of nitrogens with zero attached hydrogens (tertiary/aromatic N) is 5. The standard InChI is InChI=1S/C27H34N6O/c1-3-20-15-28-12-14-33(20)26-23-16-32(25-11-10-19-7-4-5-9-22(19)25)17-24(23)29-27(30-26)34-18-21-8-6-13-31(21)2/h1,4-5,7,9,20-21,25,28H,6,8,10-18H2,2H3/t20?,21-,25?/m0/s1. The first-order valence-electron chi connectivity index (χ1n) is 12.7. The van der Waals surface area contributed by atoms with E-state index in [9.17, 15) is 0 Å². The number of nitrogens with one attached hydrogen (secondary N) is 1. The number of hydrogen-bond acceptors (Lipinski definition) is 7. The fourth-order valence-electron chi connectivity index (χ4n) is 6.14. The van der Waals surface area contributed by atoms with E-state index in [4.69, 9.17) is 21.1 Å². The molecule has 34 heavy (non-hydrogen) atoms. The van der Waals surface area contributed by atoms with Gasteiger partial charge in [-0.2, -0.15) is 9.97 Å². The first kappa shape index (κ1) is 21.8. The van der Waals surface area contributed by atoms with Gasteiger partial charge in [-0.3, -0.25) is 4.90 Å². The third kappa shape index (κ3) is 3.94. The summed E-state index contributed by atoms with van der Waals surface area (Å²) in [6.45, 7) is 5.97. The highest BCUT2D eigenvalue weighted by molar-refractivity contribution is 5.54. The topological polar surface area (TPSA) is 56.8 Å². The van der Waals surface area contributed by atoms with Crippen molar-refractivity contribution >= 4 is 5.82 Å². The molecule has 4 aliphatic rings. The van der Waals surface area contributed by atoms with Gasteiger partial charge in [0.15, 0.2) is 0 Å². The Bertz CT molecular complexity index is 1100. The molecule has 2 fully saturated rings. The summed E-state index contributed by atoms with van der Waals surface area (Å²) in [5.74, 6) is 3.94. The van der Waals surface area contributed by atoms with E-state index in [1.54, 1.807) is 0 Å². The number of hydrogen-bond donors (Lipinski definition) is 1. The van der Waals surface area contributed by atoms with Crippen molar-refractivity contribution in [2.75, 3.05) is 44.7 Å². The number of piperazine rings is 1. The molecule has 0 saturated carbocycles. The second-order valence-corrected chi connectivity index (χ2v) is 10.1. The minimum absolute atomic E-state index is 0.0113. The van der Waals surface area contributed by atoms with Gasteiger partial charge in [-0.1, -0.05) is 30.2 Å². The first-order chi connectivity index (χ1) is 16.7. The largest absolute Gasteiger partial charge is 0.462 e. The summed E-state index contributed by atoms with van der Waals surface area (Å²) in [5.41, 5.74) is 5.26. The molecule has 0 bridgehead atoms. The van der Waals surface area contributed by atoms with Gasteiger partial charge in [0.1, 0.15) is 18.5 Å². The Morgan fingerprint density at radius 2 is 2.09 bits per heavy atom. The number of likely N-dealkylation sites (N-methyl/N-ethyl adjacent to an activating group) is 1. The highest BCUT2D eigenvalue weighted by Crippen LogP contribution is 2.42. The predicted octanol–water partition coefficient (Wildman–Crippen LogP) is 2.36. The summed E-state index contributed by atoms with van der Waals surface area (Å²) in [5, 5.41) is 3.42. The van der Waals surface area contributed by atoms with Crippen molar-refractivity contribution in [3.8, 4) is 18.4 Å². The zero-order valence-corrected chi connectivity index (χ0v) is 20.0. The van der Waals surface area contributed by atoms with Crippen molar-refractivity contribution in [2.45, 2.75) is 56.9 Å². The predicted molar refractivity (Wildman–Crippen MR) is 133 cm³/mol. The van der Waals surface area contributed by atoms with Crippen LogP contribution in [0.3, 0.4) is 0 Å². The van der Waals surface area contributed by atoms with Crippen molar-refractivity contribution in [3.63, 3.8) is 0 Å². The maximum Gasteiger partial charge on any atom is 0.318 e. The van der Waals surface area contributed by atoms with E-state index in [0.29, 0.717) is 24.7 Å². The van der Waals surface area contributed by atoms with Gasteiger partial charge in [0.25, 0.3) is 0 Å². The lowest BCUT2D eigenvalue weighted by Gasteiger charge is -2.35. The van der Waals surface area contributed by atoms with Crippen LogP contribution in [0, 0.1) is 12.3 Å². The maximum absolute atomic E-state index is 6.23. The Morgan fingerprint density at radius 3 is 2.94 bits per heavy atom. The molecule has 2 unspecified atom stereocenters. The first-order valence-corrected chi connectivity index (χ1v) is 12.7. The van der Waals surface area contributed by atoms with Crippen molar-refractivity contribution in [3.05, 3.63) is 46.6 Å². The van der Waals surface area contributed by atoms with Crippen molar-refractivity contribution in [1.29, 1.82) is 0 Å². The average molecular weight is 459 g/mol. The smallest absolute Gasteiger partial charge is 0.318 e. The summed E-state index contributed by atoms with van der Waals surface area (Å²) in [7, 11) is 2.17. The Hall–Kier alpha value is -2.66. The van der Waals surface area contributed by atoms with Crippen LogP contribution in [-0.4, -0.2) is 71.7 Å². The van der Waals surface area contributed by atoms with Crippen LogP contribution in [0.5, 0.6) is 6.01 Å². The summed E-state index contributed by atoms with van der Waals surface area (Å²) in [6, 6.07) is 10.2. The molecule has 2 aromatic rings. The fraction of sp³-hybridized carbons (Fsp3) is 0.556. The van der Waals surface area contributed by atoms with Gasteiger partial charge in [-0.15, -0.1) is 6.42 Å². The average Bonchev–Trinajstić information content (AvgIpc) is 3.59. The molecule has 1 aromatic heterocycles. The monoisotopic (exact) mass is 458 g/mol. The zero-order valence-electron chi connectivity index (χ0n) is 20.0. The summed E-state index contributed by atoms with van der Waals surface area (Å²) in [4.78, 5) is 17.1. The van der Waals surface area contributed by atoms with Gasteiger partial charge >= 0.3 is 6.01 Å². The molecule has 0 amide bonds. The van der Waals surface area contributed by atoms with Gasteiger partial charge in [-0.05, 0) is 50.4 Å². The molecule has 6 rings (SSSR count). The molecule has 1 N–H and O–H groups in total. The van der Waals surface area contributed by atoms with E-state index >= 15 is 0 Å². The van der Waals surface area contributed by atoms with Crippen molar-refractivity contribution < 1.29 is 4.74 Å². The fourth-order valence-corrected chi connectivity index (χ4v) is 6.14. The van der Waals surface area contributed by atoms with Gasteiger partial charge in [0, 0.05) is 50.4 Å². The molecule has 178 valence electrons. The molecule has 7 nitrogen and oxygen atoms in total. The van der Waals surface area contributed by atoms with Crippen LogP contribution in [0.15, 0.2) is 24.3 Å². The number of anilines is 1. The summed E-state index contributed by atoms with van der Waals surface area (Å²) >= 11 is 0. The quantitative estimate of drug-likeness (QED) is 0.691. The lowest BCUT2D eigenvalue weighted by atomic mass is 10.1. The van der Waals surface area contributed by atoms with Gasteiger partial charge in [0.05, 0.1) is 5.69 Å². The molecule has 3 atom stereocenters. The Labute approximate surface area is 202 Å². The highest BCUT2D eigenvalue weighted by Gasteiger charge is 2.36. The molecular weight excluding hydrogens is 424 g/mol. The number of aryl methyl sites for hydroxylation is 1. The van der Waals surface area contributed by atoms with E-state index < -0.39 is 0 Å². The highest BCUT2D eigenvalue weighted by atomic mass is 16.5. The SMILES string of the molecule is C#CC1CNCCN1c1nc(OC[C@@H]2CCCN2C)nc2c1CN(C1CCc3ccccc31)C2. The summed E-state index contributed by atoms with van der Waals surface area (Å²) < 4.78 is 6.23. The molecule has 0 radical (unpaired) electrons. The third-order valence-corrected chi connectivity index (χ3v) is 8.09. The number of ether oxygens (including phenoxy) is 1. The third-order valence-electron chi connectivity index (χ3n) is 8.09.